The predicted octanol–water partition coefficient (Wildman–Crippen LogP) is 3.97. The van der Waals surface area contributed by atoms with Crippen LogP contribution in [-0.2, 0) is 11.8 Å². The summed E-state index contributed by atoms with van der Waals surface area (Å²) in [4.78, 5) is 0. The fourth-order valence-corrected chi connectivity index (χ4v) is 2.21. The maximum absolute atomic E-state index is 5.95. The van der Waals surface area contributed by atoms with Gasteiger partial charge in [0.25, 0.3) is 0 Å². The zero-order valence-corrected chi connectivity index (χ0v) is 13.3. The predicted molar refractivity (Wildman–Crippen MR) is 83.0 cm³/mol. The van der Waals surface area contributed by atoms with E-state index in [0.29, 0.717) is 0 Å². The largest absolute Gasteiger partial charge is 0.493 e. The van der Waals surface area contributed by atoms with Crippen LogP contribution in [0.3, 0.4) is 0 Å². The SMILES string of the molecule is CCCOc1cc(CC(C)N)c(C)cc1C(C)(C)C. The van der Waals surface area contributed by atoms with Crippen molar-refractivity contribution in [3.05, 3.63) is 28.8 Å². The molecule has 1 aromatic carbocycles. The minimum absolute atomic E-state index is 0.0979. The molecule has 1 rings (SSSR count). The van der Waals surface area contributed by atoms with Gasteiger partial charge in [0.1, 0.15) is 5.75 Å². The molecule has 0 amide bonds. The standard InChI is InChI=1S/C17H29NO/c1-7-8-19-16-11-14(10-13(3)18)12(2)9-15(16)17(4,5)6/h9,11,13H,7-8,10,18H2,1-6H3. The van der Waals surface area contributed by atoms with Gasteiger partial charge < -0.3 is 10.5 Å². The van der Waals surface area contributed by atoms with Gasteiger partial charge in [0, 0.05) is 6.04 Å². The zero-order chi connectivity index (χ0) is 14.6. The van der Waals surface area contributed by atoms with Crippen LogP contribution in [0.15, 0.2) is 12.1 Å². The number of hydrogen-bond donors (Lipinski definition) is 1. The Morgan fingerprint density at radius 3 is 2.37 bits per heavy atom. The molecule has 0 aliphatic heterocycles. The number of rotatable bonds is 5. The second-order valence-corrected chi connectivity index (χ2v) is 6.55. The maximum Gasteiger partial charge on any atom is 0.123 e. The number of benzene rings is 1. The number of ether oxygens (including phenoxy) is 1. The molecule has 0 heterocycles. The Morgan fingerprint density at radius 1 is 1.26 bits per heavy atom. The first-order valence-corrected chi connectivity index (χ1v) is 7.28. The molecule has 2 N–H and O–H groups in total. The summed E-state index contributed by atoms with van der Waals surface area (Å²) in [6.07, 6.45) is 1.93. The van der Waals surface area contributed by atoms with Crippen LogP contribution in [0, 0.1) is 6.92 Å². The van der Waals surface area contributed by atoms with E-state index < -0.39 is 0 Å². The molecule has 0 saturated heterocycles. The lowest BCUT2D eigenvalue weighted by Crippen LogP contribution is -2.20. The van der Waals surface area contributed by atoms with Crippen LogP contribution >= 0.6 is 0 Å². The Labute approximate surface area is 118 Å². The van der Waals surface area contributed by atoms with E-state index in [0.717, 1.165) is 25.2 Å². The third kappa shape index (κ3) is 4.54. The second-order valence-electron chi connectivity index (χ2n) is 6.55. The van der Waals surface area contributed by atoms with E-state index in [1.54, 1.807) is 0 Å². The molecule has 0 bridgehead atoms. The topological polar surface area (TPSA) is 35.2 Å². The van der Waals surface area contributed by atoms with E-state index in [1.807, 2.05) is 6.92 Å². The summed E-state index contributed by atoms with van der Waals surface area (Å²) in [5.74, 6) is 1.02. The van der Waals surface area contributed by atoms with Crippen molar-refractivity contribution in [1.82, 2.24) is 0 Å². The molecule has 0 radical (unpaired) electrons. The molecule has 2 heteroatoms. The van der Waals surface area contributed by atoms with Crippen LogP contribution in [0.1, 0.15) is 57.7 Å². The van der Waals surface area contributed by atoms with Gasteiger partial charge in [0.2, 0.25) is 0 Å². The van der Waals surface area contributed by atoms with Gasteiger partial charge in [-0.2, -0.15) is 0 Å². The summed E-state index contributed by atoms with van der Waals surface area (Å²) >= 11 is 0. The van der Waals surface area contributed by atoms with Gasteiger partial charge in [-0.1, -0.05) is 33.8 Å². The highest BCUT2D eigenvalue weighted by Crippen LogP contribution is 2.34. The molecule has 2 nitrogen and oxygen atoms in total. The Kier molecular flexibility index (Phi) is 5.42. The molecule has 108 valence electrons. The van der Waals surface area contributed by atoms with Crippen molar-refractivity contribution in [3.63, 3.8) is 0 Å². The van der Waals surface area contributed by atoms with Crippen molar-refractivity contribution in [1.29, 1.82) is 0 Å². The summed E-state index contributed by atoms with van der Waals surface area (Å²) in [6, 6.07) is 4.63. The van der Waals surface area contributed by atoms with Crippen molar-refractivity contribution in [2.75, 3.05) is 6.61 Å². The third-order valence-corrected chi connectivity index (χ3v) is 3.25. The Balaban J connectivity index is 3.20. The smallest absolute Gasteiger partial charge is 0.123 e. The molecule has 0 aliphatic carbocycles. The molecule has 1 atom stereocenters. The molecule has 0 saturated carbocycles. The Morgan fingerprint density at radius 2 is 1.89 bits per heavy atom. The van der Waals surface area contributed by atoms with Gasteiger partial charge in [-0.15, -0.1) is 0 Å². The average molecular weight is 263 g/mol. The molecular formula is C17H29NO. The van der Waals surface area contributed by atoms with Crippen LogP contribution in [0.5, 0.6) is 5.75 Å². The van der Waals surface area contributed by atoms with Crippen LogP contribution < -0.4 is 10.5 Å². The number of nitrogens with two attached hydrogens (primary N) is 1. The van der Waals surface area contributed by atoms with E-state index in [-0.39, 0.29) is 11.5 Å². The van der Waals surface area contributed by atoms with Gasteiger partial charge in [-0.3, -0.25) is 0 Å². The maximum atomic E-state index is 5.95. The van der Waals surface area contributed by atoms with Crippen molar-refractivity contribution < 1.29 is 4.74 Å². The van der Waals surface area contributed by atoms with Gasteiger partial charge >= 0.3 is 0 Å². The van der Waals surface area contributed by atoms with Crippen LogP contribution in [-0.4, -0.2) is 12.6 Å². The quantitative estimate of drug-likeness (QED) is 0.872. The lowest BCUT2D eigenvalue weighted by molar-refractivity contribution is 0.308. The lowest BCUT2D eigenvalue weighted by Gasteiger charge is -2.25. The van der Waals surface area contributed by atoms with E-state index in [4.69, 9.17) is 10.5 Å². The zero-order valence-electron chi connectivity index (χ0n) is 13.3. The number of aryl methyl sites for hydroxylation is 1. The second kappa shape index (κ2) is 6.42. The first kappa shape index (κ1) is 16.0. The molecule has 1 unspecified atom stereocenters. The first-order chi connectivity index (χ1) is 8.75. The van der Waals surface area contributed by atoms with Crippen molar-refractivity contribution in [2.45, 2.75) is 65.8 Å². The average Bonchev–Trinajstić information content (AvgIpc) is 2.27. The third-order valence-electron chi connectivity index (χ3n) is 3.25. The van der Waals surface area contributed by atoms with Crippen molar-refractivity contribution in [3.8, 4) is 5.75 Å². The molecule has 0 aliphatic rings. The van der Waals surface area contributed by atoms with E-state index >= 15 is 0 Å². The van der Waals surface area contributed by atoms with Crippen molar-refractivity contribution in [2.24, 2.45) is 5.73 Å². The van der Waals surface area contributed by atoms with E-state index in [9.17, 15) is 0 Å². The van der Waals surface area contributed by atoms with Crippen LogP contribution in [0.4, 0.5) is 0 Å². The monoisotopic (exact) mass is 263 g/mol. The highest BCUT2D eigenvalue weighted by Gasteiger charge is 2.20. The summed E-state index contributed by atoms with van der Waals surface area (Å²) < 4.78 is 5.95. The fraction of sp³-hybridized carbons (Fsp3) is 0.647. The van der Waals surface area contributed by atoms with Gasteiger partial charge in [-0.05, 0) is 54.9 Å². The van der Waals surface area contributed by atoms with E-state index in [2.05, 4.69) is 46.8 Å². The summed E-state index contributed by atoms with van der Waals surface area (Å²) in [5, 5.41) is 0. The van der Waals surface area contributed by atoms with Crippen LogP contribution in [0.25, 0.3) is 0 Å². The van der Waals surface area contributed by atoms with Crippen LogP contribution in [0.2, 0.25) is 0 Å². The van der Waals surface area contributed by atoms with E-state index in [1.165, 1.54) is 16.7 Å². The molecule has 19 heavy (non-hydrogen) atoms. The highest BCUT2D eigenvalue weighted by atomic mass is 16.5. The molecule has 0 spiro atoms. The molecule has 0 aromatic heterocycles. The number of hydrogen-bond acceptors (Lipinski definition) is 2. The first-order valence-electron chi connectivity index (χ1n) is 7.28. The van der Waals surface area contributed by atoms with Crippen molar-refractivity contribution >= 4 is 0 Å². The summed E-state index contributed by atoms with van der Waals surface area (Å²) in [5.41, 5.74) is 9.92. The molecule has 0 fully saturated rings. The molecule has 1 aromatic rings. The minimum atomic E-state index is 0.0979. The van der Waals surface area contributed by atoms with Gasteiger partial charge in [-0.25, -0.2) is 0 Å². The summed E-state index contributed by atoms with van der Waals surface area (Å²) in [6.45, 7) is 13.8. The highest BCUT2D eigenvalue weighted by molar-refractivity contribution is 5.46. The van der Waals surface area contributed by atoms with Gasteiger partial charge in [0.05, 0.1) is 6.61 Å². The minimum Gasteiger partial charge on any atom is -0.493 e. The Hall–Kier alpha value is -1.02. The normalized spacial score (nSPS) is 13.4. The fourth-order valence-electron chi connectivity index (χ4n) is 2.21. The summed E-state index contributed by atoms with van der Waals surface area (Å²) in [7, 11) is 0. The Bertz CT molecular complexity index is 416. The van der Waals surface area contributed by atoms with Gasteiger partial charge in [0.15, 0.2) is 0 Å². The lowest BCUT2D eigenvalue weighted by atomic mass is 9.84. The molecular weight excluding hydrogens is 234 g/mol.